The van der Waals surface area contributed by atoms with Crippen LogP contribution in [0.2, 0.25) is 0 Å². The second-order valence-corrected chi connectivity index (χ2v) is 12.5. The van der Waals surface area contributed by atoms with Crippen LogP contribution in [0.1, 0.15) is 38.2 Å². The molecule has 2 fully saturated rings. The van der Waals surface area contributed by atoms with Gasteiger partial charge in [-0.3, -0.25) is 9.59 Å². The van der Waals surface area contributed by atoms with Crippen molar-refractivity contribution in [2.45, 2.75) is 38.6 Å². The molecule has 8 heteroatoms. The number of rotatable bonds is 5. The van der Waals surface area contributed by atoms with E-state index >= 15 is 0 Å². The lowest BCUT2D eigenvalue weighted by molar-refractivity contribution is -0.148. The summed E-state index contributed by atoms with van der Waals surface area (Å²) in [5.74, 6) is -1.99. The van der Waals surface area contributed by atoms with Gasteiger partial charge in [-0.1, -0.05) is 55.3 Å². The van der Waals surface area contributed by atoms with Gasteiger partial charge >= 0.3 is 0 Å². The number of carbonyl (C=O) groups excluding carboxylic acids is 2. The number of nitrogens with zero attached hydrogens (tertiary/aromatic N) is 3. The fraction of sp³-hybridized carbons (Fsp3) is 0.577. The fourth-order valence-corrected chi connectivity index (χ4v) is 8.19. The first kappa shape index (κ1) is 23.4. The van der Waals surface area contributed by atoms with Crippen LogP contribution in [0.25, 0.3) is 0 Å². The predicted octanol–water partition coefficient (Wildman–Crippen LogP) is 2.73. The zero-order valence-electron chi connectivity index (χ0n) is 20.1. The largest absolute Gasteiger partial charge is 0.308 e. The topological polar surface area (TPSA) is 87.1 Å². The first-order chi connectivity index (χ1) is 16.2. The second kappa shape index (κ2) is 8.72. The molecule has 0 N–H and O–H groups in total. The minimum atomic E-state index is -3.78. The van der Waals surface area contributed by atoms with Gasteiger partial charge in [-0.05, 0) is 56.7 Å². The summed E-state index contributed by atoms with van der Waals surface area (Å²) in [5.41, 5.74) is 2.39. The minimum absolute atomic E-state index is 0.0343. The molecule has 34 heavy (non-hydrogen) atoms. The van der Waals surface area contributed by atoms with E-state index in [2.05, 4.69) is 18.1 Å². The number of Topliss-reactive ketones (excluding diaryl/α,β-unsaturated/α-hetero) is 2. The molecule has 1 heterocycles. The van der Waals surface area contributed by atoms with Crippen molar-refractivity contribution in [2.24, 2.45) is 34.7 Å². The molecular weight excluding hydrogens is 450 g/mol. The lowest BCUT2D eigenvalue weighted by atomic mass is 9.56. The van der Waals surface area contributed by atoms with Crippen LogP contribution in [0.3, 0.4) is 0 Å². The molecule has 2 saturated carbocycles. The Balaban J connectivity index is 1.61. The molecule has 3 aliphatic carbocycles. The van der Waals surface area contributed by atoms with E-state index in [0.717, 1.165) is 19.3 Å². The van der Waals surface area contributed by atoms with E-state index in [-0.39, 0.29) is 23.4 Å². The third-order valence-corrected chi connectivity index (χ3v) is 9.78. The van der Waals surface area contributed by atoms with E-state index < -0.39 is 33.7 Å². The van der Waals surface area contributed by atoms with E-state index in [0.29, 0.717) is 30.2 Å². The Morgan fingerprint density at radius 2 is 1.82 bits per heavy atom. The summed E-state index contributed by atoms with van der Waals surface area (Å²) in [6.45, 7) is 2.55. The van der Waals surface area contributed by atoms with Crippen molar-refractivity contribution < 1.29 is 18.0 Å². The van der Waals surface area contributed by atoms with Crippen molar-refractivity contribution in [1.82, 2.24) is 9.31 Å². The molecule has 5 rings (SSSR count). The average Bonchev–Trinajstić information content (AvgIpc) is 3.23. The third-order valence-electron chi connectivity index (χ3n) is 8.19. The van der Waals surface area contributed by atoms with Crippen LogP contribution in [-0.4, -0.2) is 67.4 Å². The molecule has 0 aromatic heterocycles. The number of allylic oxidation sites excluding steroid dienone is 2. The van der Waals surface area contributed by atoms with Gasteiger partial charge in [0.2, 0.25) is 11.6 Å². The van der Waals surface area contributed by atoms with E-state index in [1.165, 1.54) is 9.99 Å². The van der Waals surface area contributed by atoms with Gasteiger partial charge in [0.25, 0.3) is 10.0 Å². The normalized spacial score (nSPS) is 33.2. The Morgan fingerprint density at radius 1 is 1.09 bits per heavy atom. The van der Waals surface area contributed by atoms with Crippen LogP contribution in [-0.2, 0) is 19.6 Å². The molecule has 182 valence electrons. The van der Waals surface area contributed by atoms with Crippen LogP contribution in [0.5, 0.6) is 0 Å². The maximum Gasteiger partial charge on any atom is 0.251 e. The van der Waals surface area contributed by atoms with Crippen molar-refractivity contribution in [1.29, 1.82) is 0 Å². The quantitative estimate of drug-likeness (QED) is 0.475. The molecule has 0 saturated heterocycles. The average molecular weight is 484 g/mol. The molecule has 6 unspecified atom stereocenters. The first-order valence-electron chi connectivity index (χ1n) is 12.3. The number of hydrazone groups is 1. The zero-order valence-corrected chi connectivity index (χ0v) is 20.9. The highest BCUT2D eigenvalue weighted by molar-refractivity contribution is 7.89. The van der Waals surface area contributed by atoms with Gasteiger partial charge in [0.05, 0.1) is 23.4 Å². The number of hydrogen-bond acceptors (Lipinski definition) is 6. The van der Waals surface area contributed by atoms with Gasteiger partial charge in [-0.2, -0.15) is 9.52 Å². The number of sulfonamides is 1. The number of fused-ring (bicyclic) bond motifs is 5. The van der Waals surface area contributed by atoms with Crippen molar-refractivity contribution in [2.75, 3.05) is 26.4 Å². The molecule has 1 aromatic rings. The number of ketones is 2. The van der Waals surface area contributed by atoms with Crippen molar-refractivity contribution >= 4 is 27.3 Å². The van der Waals surface area contributed by atoms with Crippen LogP contribution >= 0.6 is 0 Å². The maximum absolute atomic E-state index is 13.7. The van der Waals surface area contributed by atoms with Crippen molar-refractivity contribution in [3.05, 3.63) is 47.5 Å². The SMILES string of the molecule is CC1CCCC2C1=CCC1C2C(=O)C(=O)C2C(c3ccccc3)=NN(S(=O)(=O)CCN(C)C)C21. The van der Waals surface area contributed by atoms with Crippen LogP contribution in [0, 0.1) is 29.6 Å². The van der Waals surface area contributed by atoms with Crippen LogP contribution < -0.4 is 0 Å². The third kappa shape index (κ3) is 3.75. The zero-order chi connectivity index (χ0) is 24.2. The molecule has 4 aliphatic rings. The fourth-order valence-electron chi connectivity index (χ4n) is 6.55. The standard InChI is InChI=1S/C26H33N3O4S/c1-16-8-7-11-19-18(16)12-13-20-21(19)25(30)26(31)22-23(17-9-5-4-6-10-17)27-29(24(20)22)34(32,33)15-14-28(2)3/h4-6,9-10,12,16,19-22,24H,7-8,11,13-15H2,1-3H3. The molecule has 1 aromatic carbocycles. The van der Waals surface area contributed by atoms with Gasteiger partial charge < -0.3 is 4.90 Å². The summed E-state index contributed by atoms with van der Waals surface area (Å²) >= 11 is 0. The predicted molar refractivity (Wildman–Crippen MR) is 131 cm³/mol. The van der Waals surface area contributed by atoms with E-state index in [1.807, 2.05) is 49.3 Å². The molecule has 0 amide bonds. The number of benzene rings is 1. The molecule has 0 radical (unpaired) electrons. The van der Waals surface area contributed by atoms with Crippen LogP contribution in [0.4, 0.5) is 0 Å². The lowest BCUT2D eigenvalue weighted by Gasteiger charge is -2.48. The summed E-state index contributed by atoms with van der Waals surface area (Å²) in [4.78, 5) is 29.1. The Morgan fingerprint density at radius 3 is 2.53 bits per heavy atom. The van der Waals surface area contributed by atoms with Gasteiger partial charge in [-0.25, -0.2) is 8.42 Å². The molecule has 0 bridgehead atoms. The second-order valence-electron chi connectivity index (χ2n) is 10.5. The summed E-state index contributed by atoms with van der Waals surface area (Å²) in [7, 11) is -0.116. The van der Waals surface area contributed by atoms with E-state index in [9.17, 15) is 18.0 Å². The summed E-state index contributed by atoms with van der Waals surface area (Å²) < 4.78 is 28.3. The summed E-state index contributed by atoms with van der Waals surface area (Å²) in [6, 6.07) is 8.56. The molecule has 0 spiro atoms. The Bertz CT molecular complexity index is 1160. The van der Waals surface area contributed by atoms with Gasteiger partial charge in [0.15, 0.2) is 0 Å². The number of carbonyl (C=O) groups is 2. The molecular formula is C26H33N3O4S. The van der Waals surface area contributed by atoms with Gasteiger partial charge in [0, 0.05) is 12.5 Å². The highest BCUT2D eigenvalue weighted by Gasteiger charge is 2.61. The monoisotopic (exact) mass is 483 g/mol. The number of hydrogen-bond donors (Lipinski definition) is 0. The highest BCUT2D eigenvalue weighted by atomic mass is 32.2. The van der Waals surface area contributed by atoms with Gasteiger partial charge in [-0.15, -0.1) is 0 Å². The Hall–Kier alpha value is -2.32. The lowest BCUT2D eigenvalue weighted by Crippen LogP contribution is -2.59. The Labute approximate surface area is 201 Å². The van der Waals surface area contributed by atoms with E-state index in [1.54, 1.807) is 0 Å². The van der Waals surface area contributed by atoms with E-state index in [4.69, 9.17) is 0 Å². The first-order valence-corrected chi connectivity index (χ1v) is 13.9. The Kier molecular flexibility index (Phi) is 6.01. The highest BCUT2D eigenvalue weighted by Crippen LogP contribution is 2.52. The smallest absolute Gasteiger partial charge is 0.251 e. The summed E-state index contributed by atoms with van der Waals surface area (Å²) in [6.07, 6.45) is 5.85. The minimum Gasteiger partial charge on any atom is -0.308 e. The maximum atomic E-state index is 13.7. The molecule has 1 aliphatic heterocycles. The van der Waals surface area contributed by atoms with Crippen molar-refractivity contribution in [3.8, 4) is 0 Å². The molecule has 6 atom stereocenters. The summed E-state index contributed by atoms with van der Waals surface area (Å²) in [5, 5.41) is 4.60. The van der Waals surface area contributed by atoms with Crippen molar-refractivity contribution in [3.63, 3.8) is 0 Å². The van der Waals surface area contributed by atoms with Crippen LogP contribution in [0.15, 0.2) is 47.1 Å². The van der Waals surface area contributed by atoms with Gasteiger partial charge in [0.1, 0.15) is 0 Å². The molecule has 7 nitrogen and oxygen atoms in total.